The van der Waals surface area contributed by atoms with Gasteiger partial charge in [-0.3, -0.25) is 4.79 Å². The Hall–Kier alpha value is -2.54. The van der Waals surface area contributed by atoms with E-state index in [0.29, 0.717) is 19.5 Å². The first-order valence-corrected chi connectivity index (χ1v) is 8.37. The molecule has 2 rings (SSSR count). The van der Waals surface area contributed by atoms with Gasteiger partial charge in [-0.1, -0.05) is 0 Å². The number of carboxylic acid groups (broad SMARTS) is 1. The Labute approximate surface area is 144 Å². The van der Waals surface area contributed by atoms with Crippen molar-refractivity contribution in [2.75, 3.05) is 13.7 Å². The predicted octanol–water partition coefficient (Wildman–Crippen LogP) is 3.09. The summed E-state index contributed by atoms with van der Waals surface area (Å²) in [6, 6.07) is 11.5. The molecule has 0 saturated heterocycles. The lowest BCUT2D eigenvalue weighted by atomic mass is 10.2. The largest absolute Gasteiger partial charge is 0.497 e. The summed E-state index contributed by atoms with van der Waals surface area (Å²) < 4.78 is 5.14. The van der Waals surface area contributed by atoms with Crippen LogP contribution in [0.1, 0.15) is 17.7 Å². The van der Waals surface area contributed by atoms with E-state index in [2.05, 4.69) is 10.6 Å². The zero-order chi connectivity index (χ0) is 17.4. The van der Waals surface area contributed by atoms with Crippen molar-refractivity contribution in [3.63, 3.8) is 0 Å². The van der Waals surface area contributed by atoms with E-state index in [1.165, 1.54) is 0 Å². The quantitative estimate of drug-likeness (QED) is 0.640. The smallest absolute Gasteiger partial charge is 0.315 e. The van der Waals surface area contributed by atoms with Gasteiger partial charge in [-0.25, -0.2) is 4.79 Å². The summed E-state index contributed by atoms with van der Waals surface area (Å²) in [5, 5.41) is 13.9. The molecule has 0 bridgehead atoms. The fraction of sp³-hybridized carbons (Fsp3) is 0.294. The number of carboxylic acids is 1. The van der Waals surface area contributed by atoms with E-state index < -0.39 is 5.97 Å². The van der Waals surface area contributed by atoms with E-state index in [-0.39, 0.29) is 12.5 Å². The number of hydrogen-bond donors (Lipinski definition) is 3. The average molecular weight is 348 g/mol. The van der Waals surface area contributed by atoms with Crippen LogP contribution in [0.4, 0.5) is 4.79 Å². The topological polar surface area (TPSA) is 87.7 Å². The van der Waals surface area contributed by atoms with Crippen molar-refractivity contribution in [2.24, 2.45) is 0 Å². The number of nitrogens with one attached hydrogen (secondary N) is 2. The molecule has 0 atom stereocenters. The maximum Gasteiger partial charge on any atom is 0.315 e. The first kappa shape index (κ1) is 17.8. The number of ether oxygens (including phenoxy) is 1. The Bertz CT molecular complexity index is 682. The molecule has 0 spiro atoms. The monoisotopic (exact) mass is 348 g/mol. The molecule has 0 aliphatic rings. The Kier molecular flexibility index (Phi) is 6.62. The average Bonchev–Trinajstić information content (AvgIpc) is 3.06. The van der Waals surface area contributed by atoms with Crippen LogP contribution in [0.2, 0.25) is 0 Å². The number of aliphatic carboxylic acids is 1. The van der Waals surface area contributed by atoms with Gasteiger partial charge in [0.25, 0.3) is 0 Å². The van der Waals surface area contributed by atoms with Gasteiger partial charge in [-0.15, -0.1) is 11.3 Å². The minimum Gasteiger partial charge on any atom is -0.497 e. The first-order valence-electron chi connectivity index (χ1n) is 7.55. The number of methoxy groups -OCH3 is 1. The highest BCUT2D eigenvalue weighted by Gasteiger charge is 2.05. The molecular weight excluding hydrogens is 328 g/mol. The molecule has 6 nitrogen and oxygen atoms in total. The second-order valence-electron chi connectivity index (χ2n) is 5.10. The van der Waals surface area contributed by atoms with E-state index >= 15 is 0 Å². The van der Waals surface area contributed by atoms with Gasteiger partial charge in [0.15, 0.2) is 0 Å². The minimum atomic E-state index is -0.859. The molecule has 0 aliphatic heterocycles. The molecule has 7 heteroatoms. The summed E-state index contributed by atoms with van der Waals surface area (Å²) >= 11 is 1.61. The SMILES string of the molecule is COc1ccc(-c2ccc(CNC(=O)NCCCC(=O)O)s2)cc1. The third-order valence-corrected chi connectivity index (χ3v) is 4.45. The third-order valence-electron chi connectivity index (χ3n) is 3.31. The number of carbonyl (C=O) groups is 2. The Morgan fingerprint density at radius 3 is 2.54 bits per heavy atom. The van der Waals surface area contributed by atoms with Crippen LogP contribution in [-0.2, 0) is 11.3 Å². The van der Waals surface area contributed by atoms with Crippen LogP contribution in [0.5, 0.6) is 5.75 Å². The maximum atomic E-state index is 11.6. The molecule has 1 aromatic carbocycles. The minimum absolute atomic E-state index is 0.0520. The van der Waals surface area contributed by atoms with Gasteiger partial charge in [0, 0.05) is 22.7 Å². The molecule has 0 saturated carbocycles. The Balaban J connectivity index is 1.78. The van der Waals surface area contributed by atoms with Gasteiger partial charge in [-0.2, -0.15) is 0 Å². The van der Waals surface area contributed by atoms with Gasteiger partial charge in [0.1, 0.15) is 5.75 Å². The van der Waals surface area contributed by atoms with Gasteiger partial charge >= 0.3 is 12.0 Å². The van der Waals surface area contributed by atoms with Crippen LogP contribution in [0.3, 0.4) is 0 Å². The summed E-state index contributed by atoms with van der Waals surface area (Å²) in [7, 11) is 1.64. The van der Waals surface area contributed by atoms with Crippen LogP contribution in [-0.4, -0.2) is 30.8 Å². The summed E-state index contributed by atoms with van der Waals surface area (Å²) in [5.41, 5.74) is 1.10. The van der Waals surface area contributed by atoms with Crippen molar-refractivity contribution < 1.29 is 19.4 Å². The molecule has 0 fully saturated rings. The zero-order valence-electron chi connectivity index (χ0n) is 13.4. The van der Waals surface area contributed by atoms with Gasteiger partial charge in [-0.05, 0) is 48.4 Å². The van der Waals surface area contributed by atoms with Crippen LogP contribution < -0.4 is 15.4 Å². The van der Waals surface area contributed by atoms with E-state index in [9.17, 15) is 9.59 Å². The predicted molar refractivity (Wildman–Crippen MR) is 93.4 cm³/mol. The highest BCUT2D eigenvalue weighted by atomic mass is 32.1. The number of carbonyl (C=O) groups excluding carboxylic acids is 1. The number of amides is 2. The molecule has 2 aromatic rings. The summed E-state index contributed by atoms with van der Waals surface area (Å²) in [6.45, 7) is 0.783. The van der Waals surface area contributed by atoms with Crippen LogP contribution in [0, 0.1) is 0 Å². The van der Waals surface area contributed by atoms with Gasteiger partial charge in [0.05, 0.1) is 13.7 Å². The van der Waals surface area contributed by atoms with Crippen molar-refractivity contribution in [1.29, 1.82) is 0 Å². The zero-order valence-corrected chi connectivity index (χ0v) is 14.2. The molecule has 1 aromatic heterocycles. The van der Waals surface area contributed by atoms with Crippen molar-refractivity contribution in [3.05, 3.63) is 41.3 Å². The number of benzene rings is 1. The number of urea groups is 1. The van der Waals surface area contributed by atoms with E-state index in [1.54, 1.807) is 18.4 Å². The number of thiophene rings is 1. The molecule has 1 heterocycles. The molecular formula is C17H20N2O4S. The first-order chi connectivity index (χ1) is 11.6. The van der Waals surface area contributed by atoms with E-state index in [1.807, 2.05) is 36.4 Å². The van der Waals surface area contributed by atoms with Crippen molar-refractivity contribution >= 4 is 23.3 Å². The lowest BCUT2D eigenvalue weighted by Gasteiger charge is -2.05. The van der Waals surface area contributed by atoms with Crippen molar-refractivity contribution in [2.45, 2.75) is 19.4 Å². The number of hydrogen-bond acceptors (Lipinski definition) is 4. The normalized spacial score (nSPS) is 10.2. The highest BCUT2D eigenvalue weighted by Crippen LogP contribution is 2.29. The van der Waals surface area contributed by atoms with Gasteiger partial charge < -0.3 is 20.5 Å². The lowest BCUT2D eigenvalue weighted by Crippen LogP contribution is -2.35. The van der Waals surface area contributed by atoms with Crippen molar-refractivity contribution in [1.82, 2.24) is 10.6 Å². The highest BCUT2D eigenvalue weighted by molar-refractivity contribution is 7.15. The maximum absolute atomic E-state index is 11.6. The van der Waals surface area contributed by atoms with Crippen LogP contribution in [0.25, 0.3) is 10.4 Å². The Morgan fingerprint density at radius 1 is 1.12 bits per heavy atom. The molecule has 0 radical (unpaired) electrons. The summed E-state index contributed by atoms with van der Waals surface area (Å²) in [5.74, 6) is -0.0429. The molecule has 2 amide bonds. The number of rotatable bonds is 8. The van der Waals surface area contributed by atoms with Crippen LogP contribution in [0.15, 0.2) is 36.4 Å². The molecule has 0 aliphatic carbocycles. The fourth-order valence-corrected chi connectivity index (χ4v) is 3.01. The molecule has 128 valence electrons. The Morgan fingerprint density at radius 2 is 1.88 bits per heavy atom. The van der Waals surface area contributed by atoms with Crippen molar-refractivity contribution in [3.8, 4) is 16.2 Å². The summed E-state index contributed by atoms with van der Waals surface area (Å²) in [4.78, 5) is 24.2. The van der Waals surface area contributed by atoms with E-state index in [0.717, 1.165) is 21.1 Å². The lowest BCUT2D eigenvalue weighted by molar-refractivity contribution is -0.137. The second kappa shape index (κ2) is 8.93. The summed E-state index contributed by atoms with van der Waals surface area (Å²) in [6.07, 6.45) is 0.472. The van der Waals surface area contributed by atoms with E-state index in [4.69, 9.17) is 9.84 Å². The third kappa shape index (κ3) is 5.58. The van der Waals surface area contributed by atoms with Crippen LogP contribution >= 0.6 is 11.3 Å². The van der Waals surface area contributed by atoms with Gasteiger partial charge in [0.2, 0.25) is 0 Å². The standard InChI is InChI=1S/C17H20N2O4S/c1-23-13-6-4-12(5-7-13)15-9-8-14(24-15)11-19-17(22)18-10-2-3-16(20)21/h4-9H,2-3,10-11H2,1H3,(H,20,21)(H2,18,19,22). The fourth-order valence-electron chi connectivity index (χ4n) is 2.05. The molecule has 0 unspecified atom stereocenters. The second-order valence-corrected chi connectivity index (χ2v) is 6.27. The molecule has 24 heavy (non-hydrogen) atoms. The molecule has 3 N–H and O–H groups in total.